The Bertz CT molecular complexity index is 756. The van der Waals surface area contributed by atoms with Crippen molar-refractivity contribution >= 4 is 17.7 Å². The number of hydrogen-bond donors (Lipinski definition) is 0. The number of ketones is 2. The second-order valence-corrected chi connectivity index (χ2v) is 8.36. The van der Waals surface area contributed by atoms with E-state index in [4.69, 9.17) is 9.47 Å². The monoisotopic (exact) mass is 373 g/mol. The van der Waals surface area contributed by atoms with E-state index in [1.807, 2.05) is 27.7 Å². The molecule has 1 unspecified atom stereocenters. The van der Waals surface area contributed by atoms with Gasteiger partial charge in [-0.05, 0) is 57.8 Å². The van der Waals surface area contributed by atoms with Gasteiger partial charge in [-0.3, -0.25) is 9.59 Å². The zero-order chi connectivity index (χ0) is 19.8. The summed E-state index contributed by atoms with van der Waals surface area (Å²) in [4.78, 5) is 39.0. The van der Waals surface area contributed by atoms with Crippen molar-refractivity contribution in [3.63, 3.8) is 0 Å². The number of Topliss-reactive ketones (excluding diaryl/α,β-unsaturated/α-hetero) is 1. The summed E-state index contributed by atoms with van der Waals surface area (Å²) in [5.41, 5.74) is 3.16. The van der Waals surface area contributed by atoms with E-state index in [1.54, 1.807) is 17.2 Å². The molecule has 0 radical (unpaired) electrons. The molecule has 1 amide bonds. The molecule has 0 N–H and O–H groups in total. The Labute approximate surface area is 159 Å². The first-order valence-electron chi connectivity index (χ1n) is 9.40. The largest absolute Gasteiger partial charge is 0.496 e. The molecule has 2 aliphatic heterocycles. The van der Waals surface area contributed by atoms with Crippen LogP contribution in [0.4, 0.5) is 4.79 Å². The van der Waals surface area contributed by atoms with Gasteiger partial charge in [-0.1, -0.05) is 5.57 Å². The highest BCUT2D eigenvalue weighted by Gasteiger charge is 2.36. The van der Waals surface area contributed by atoms with Crippen LogP contribution in [0.25, 0.3) is 0 Å². The first-order chi connectivity index (χ1) is 12.7. The molecule has 146 valence electrons. The van der Waals surface area contributed by atoms with Gasteiger partial charge in [0.1, 0.15) is 18.1 Å². The minimum absolute atomic E-state index is 0.0685. The van der Waals surface area contributed by atoms with Crippen LogP contribution >= 0.6 is 0 Å². The summed E-state index contributed by atoms with van der Waals surface area (Å²) in [5, 5.41) is 0. The van der Waals surface area contributed by atoms with Gasteiger partial charge >= 0.3 is 6.09 Å². The first-order valence-corrected chi connectivity index (χ1v) is 9.40. The van der Waals surface area contributed by atoms with Crippen LogP contribution in [0.3, 0.4) is 0 Å². The molecule has 0 aromatic rings. The molecule has 1 saturated heterocycles. The average molecular weight is 373 g/mol. The van der Waals surface area contributed by atoms with Crippen molar-refractivity contribution in [1.82, 2.24) is 4.90 Å². The lowest BCUT2D eigenvalue weighted by Crippen LogP contribution is -2.40. The van der Waals surface area contributed by atoms with Crippen LogP contribution in [0.1, 0.15) is 47.0 Å². The normalized spacial score (nSPS) is 22.9. The minimum atomic E-state index is -0.699. The van der Waals surface area contributed by atoms with Crippen LogP contribution in [-0.4, -0.2) is 47.9 Å². The van der Waals surface area contributed by atoms with Gasteiger partial charge < -0.3 is 14.4 Å². The molecule has 1 fully saturated rings. The predicted octanol–water partition coefficient (Wildman–Crippen LogP) is 3.33. The third kappa shape index (κ3) is 4.31. The topological polar surface area (TPSA) is 72.9 Å². The summed E-state index contributed by atoms with van der Waals surface area (Å²) in [6, 6.07) is 0. The SMILES string of the molecule is CC1=C2COC=C2CC(=O)C1C(=O)C=C1CCN(C(=O)OC(C)(C)C)CC1. The van der Waals surface area contributed by atoms with Gasteiger partial charge in [0.25, 0.3) is 0 Å². The third-order valence-corrected chi connectivity index (χ3v) is 5.12. The lowest BCUT2D eigenvalue weighted by Gasteiger charge is -2.31. The molecule has 1 atom stereocenters. The van der Waals surface area contributed by atoms with Gasteiger partial charge in [-0.15, -0.1) is 0 Å². The van der Waals surface area contributed by atoms with E-state index < -0.39 is 11.5 Å². The quantitative estimate of drug-likeness (QED) is 0.548. The Balaban J connectivity index is 1.64. The van der Waals surface area contributed by atoms with E-state index in [1.165, 1.54) is 0 Å². The van der Waals surface area contributed by atoms with Crippen molar-refractivity contribution in [1.29, 1.82) is 0 Å². The van der Waals surface area contributed by atoms with Crippen molar-refractivity contribution in [2.24, 2.45) is 5.92 Å². The molecule has 3 rings (SSSR count). The number of allylic oxidation sites excluding steroid dienone is 2. The summed E-state index contributed by atoms with van der Waals surface area (Å²) in [7, 11) is 0. The minimum Gasteiger partial charge on any atom is -0.496 e. The van der Waals surface area contributed by atoms with Crippen LogP contribution in [-0.2, 0) is 19.1 Å². The molecule has 0 aromatic heterocycles. The van der Waals surface area contributed by atoms with Gasteiger partial charge in [0.05, 0.1) is 6.26 Å². The Morgan fingerprint density at radius 2 is 1.93 bits per heavy atom. The molecule has 0 bridgehead atoms. The second kappa shape index (κ2) is 7.33. The van der Waals surface area contributed by atoms with Crippen LogP contribution in [0.15, 0.2) is 34.6 Å². The number of rotatable bonds is 2. The predicted molar refractivity (Wildman–Crippen MR) is 100.0 cm³/mol. The van der Waals surface area contributed by atoms with Gasteiger partial charge in [0, 0.05) is 25.1 Å². The molecule has 6 heteroatoms. The van der Waals surface area contributed by atoms with Gasteiger partial charge in [0.15, 0.2) is 11.6 Å². The van der Waals surface area contributed by atoms with Crippen LogP contribution in [0.2, 0.25) is 0 Å². The average Bonchev–Trinajstić information content (AvgIpc) is 3.02. The van der Waals surface area contributed by atoms with Crippen molar-refractivity contribution in [3.05, 3.63) is 34.6 Å². The number of ether oxygens (including phenoxy) is 2. The molecule has 2 heterocycles. The highest BCUT2D eigenvalue weighted by atomic mass is 16.6. The maximum Gasteiger partial charge on any atom is 0.410 e. The number of piperidine rings is 1. The summed E-state index contributed by atoms with van der Waals surface area (Å²) in [6.07, 6.45) is 4.42. The van der Waals surface area contributed by atoms with E-state index in [0.717, 1.165) is 22.3 Å². The number of nitrogens with zero attached hydrogens (tertiary/aromatic N) is 1. The van der Waals surface area contributed by atoms with Crippen LogP contribution in [0.5, 0.6) is 0 Å². The van der Waals surface area contributed by atoms with Gasteiger partial charge in [-0.25, -0.2) is 4.79 Å². The highest BCUT2D eigenvalue weighted by molar-refractivity contribution is 6.12. The molecular formula is C21H27NO5. The maximum atomic E-state index is 12.8. The molecule has 0 saturated carbocycles. The maximum absolute atomic E-state index is 12.8. The first kappa shape index (κ1) is 19.4. The summed E-state index contributed by atoms with van der Waals surface area (Å²) < 4.78 is 10.7. The van der Waals surface area contributed by atoms with Gasteiger partial charge in [0.2, 0.25) is 0 Å². The summed E-state index contributed by atoms with van der Waals surface area (Å²) in [6.45, 7) is 8.86. The fourth-order valence-corrected chi connectivity index (χ4v) is 3.71. The van der Waals surface area contributed by atoms with Crippen LogP contribution in [0, 0.1) is 5.92 Å². The van der Waals surface area contributed by atoms with Gasteiger partial charge in [-0.2, -0.15) is 0 Å². The zero-order valence-electron chi connectivity index (χ0n) is 16.5. The zero-order valence-corrected chi connectivity index (χ0v) is 16.5. The second-order valence-electron chi connectivity index (χ2n) is 8.36. The van der Waals surface area contributed by atoms with E-state index in [2.05, 4.69) is 0 Å². The highest BCUT2D eigenvalue weighted by Crippen LogP contribution is 2.35. The van der Waals surface area contributed by atoms with E-state index in [-0.39, 0.29) is 24.1 Å². The fraction of sp³-hybridized carbons (Fsp3) is 0.571. The molecule has 6 nitrogen and oxygen atoms in total. The van der Waals surface area contributed by atoms with Crippen molar-refractivity contribution in [3.8, 4) is 0 Å². The summed E-state index contributed by atoms with van der Waals surface area (Å²) >= 11 is 0. The van der Waals surface area contributed by atoms with E-state index in [9.17, 15) is 14.4 Å². The lowest BCUT2D eigenvalue weighted by molar-refractivity contribution is -0.128. The number of carbonyl (C=O) groups is 3. The third-order valence-electron chi connectivity index (χ3n) is 5.12. The van der Waals surface area contributed by atoms with E-state index in [0.29, 0.717) is 32.5 Å². The number of fused-ring (bicyclic) bond motifs is 1. The van der Waals surface area contributed by atoms with E-state index >= 15 is 0 Å². The Hall–Kier alpha value is -2.37. The molecule has 1 aliphatic carbocycles. The lowest BCUT2D eigenvalue weighted by atomic mass is 9.78. The smallest absolute Gasteiger partial charge is 0.410 e. The Morgan fingerprint density at radius 1 is 1.26 bits per heavy atom. The number of hydrogen-bond acceptors (Lipinski definition) is 5. The number of carbonyl (C=O) groups excluding carboxylic acids is 3. The molecule has 0 spiro atoms. The summed E-state index contributed by atoms with van der Waals surface area (Å²) in [5.74, 6) is -0.923. The number of amides is 1. The Morgan fingerprint density at radius 3 is 2.56 bits per heavy atom. The molecular weight excluding hydrogens is 346 g/mol. The van der Waals surface area contributed by atoms with Crippen LogP contribution < -0.4 is 0 Å². The van der Waals surface area contributed by atoms with Crippen molar-refractivity contribution in [2.45, 2.75) is 52.6 Å². The molecule has 3 aliphatic rings. The Kier molecular flexibility index (Phi) is 5.27. The molecule has 0 aromatic carbocycles. The van der Waals surface area contributed by atoms with Crippen molar-refractivity contribution < 1.29 is 23.9 Å². The standard InChI is InChI=1S/C21H27NO5/c1-13-16-12-26-11-15(16)10-18(24)19(13)17(23)9-14-5-7-22(8-6-14)20(25)27-21(2,3)4/h9,11,19H,5-8,10,12H2,1-4H3. The molecule has 27 heavy (non-hydrogen) atoms. The van der Waals surface area contributed by atoms with Crippen molar-refractivity contribution in [2.75, 3.05) is 19.7 Å². The fourth-order valence-electron chi connectivity index (χ4n) is 3.71. The number of likely N-dealkylation sites (tertiary alicyclic amines) is 1.